The quantitative estimate of drug-likeness (QED) is 0.604. The van der Waals surface area contributed by atoms with Crippen molar-refractivity contribution in [2.75, 3.05) is 13.1 Å². The highest BCUT2D eigenvalue weighted by atomic mass is 32.1. The maximum atomic E-state index is 5.54. The molecule has 2 rings (SSSR count). The molecule has 1 heterocycles. The van der Waals surface area contributed by atoms with Gasteiger partial charge in [0.05, 0.1) is 4.99 Å². The number of likely N-dealkylation sites (tertiary alicyclic amines) is 1. The summed E-state index contributed by atoms with van der Waals surface area (Å²) >= 11 is 4.92. The Hall–Kier alpha value is -0.150. The molecule has 0 aromatic heterocycles. The molecule has 0 aromatic carbocycles. The van der Waals surface area contributed by atoms with Crippen LogP contribution in [0.15, 0.2) is 0 Å². The number of thiocarbonyl (C=S) groups is 1. The summed E-state index contributed by atoms with van der Waals surface area (Å²) in [7, 11) is 0. The topological polar surface area (TPSA) is 29.3 Å². The van der Waals surface area contributed by atoms with Crippen molar-refractivity contribution in [1.29, 1.82) is 0 Å². The van der Waals surface area contributed by atoms with E-state index in [2.05, 4.69) is 4.90 Å². The van der Waals surface area contributed by atoms with Crippen LogP contribution in [0.3, 0.4) is 0 Å². The number of unbranched alkanes of at least 4 members (excludes halogenated alkanes) is 1. The fourth-order valence-corrected chi connectivity index (χ4v) is 3.76. The van der Waals surface area contributed by atoms with Gasteiger partial charge in [-0.15, -0.1) is 0 Å². The Bertz CT molecular complexity index is 253. The Morgan fingerprint density at radius 1 is 1.12 bits per heavy atom. The van der Waals surface area contributed by atoms with E-state index < -0.39 is 0 Å². The van der Waals surface area contributed by atoms with Gasteiger partial charge < -0.3 is 10.6 Å². The molecule has 0 unspecified atom stereocenters. The van der Waals surface area contributed by atoms with Gasteiger partial charge in [0, 0.05) is 6.04 Å². The first-order chi connectivity index (χ1) is 8.27. The lowest BCUT2D eigenvalue weighted by atomic mass is 9.78. The van der Waals surface area contributed by atoms with Crippen molar-refractivity contribution in [3.05, 3.63) is 0 Å². The summed E-state index contributed by atoms with van der Waals surface area (Å²) in [6.45, 7) is 2.60. The van der Waals surface area contributed by atoms with Crippen LogP contribution in [0.1, 0.15) is 57.8 Å². The van der Waals surface area contributed by atoms with Crippen molar-refractivity contribution in [2.45, 2.75) is 63.8 Å². The van der Waals surface area contributed by atoms with E-state index in [1.165, 1.54) is 64.5 Å². The predicted molar refractivity (Wildman–Crippen MR) is 77.2 cm³/mol. The molecule has 98 valence electrons. The molecule has 0 aromatic rings. The lowest BCUT2D eigenvalue weighted by Gasteiger charge is -2.44. The van der Waals surface area contributed by atoms with Gasteiger partial charge >= 0.3 is 0 Å². The van der Waals surface area contributed by atoms with Crippen LogP contribution in [0.25, 0.3) is 0 Å². The van der Waals surface area contributed by atoms with Gasteiger partial charge in [0.2, 0.25) is 0 Å². The zero-order chi connectivity index (χ0) is 12.1. The van der Waals surface area contributed by atoms with E-state index in [1.807, 2.05) is 0 Å². The smallest absolute Gasteiger partial charge is 0.0727 e. The second-order valence-electron chi connectivity index (χ2n) is 5.71. The van der Waals surface area contributed by atoms with Crippen molar-refractivity contribution >= 4 is 17.2 Å². The number of nitrogens with two attached hydrogens (primary N) is 1. The molecule has 1 saturated heterocycles. The summed E-state index contributed by atoms with van der Waals surface area (Å²) in [5, 5.41) is 0. The van der Waals surface area contributed by atoms with Gasteiger partial charge in [-0.1, -0.05) is 25.1 Å². The minimum atomic E-state index is 0.680. The van der Waals surface area contributed by atoms with E-state index in [0.29, 0.717) is 4.99 Å². The van der Waals surface area contributed by atoms with Crippen LogP contribution in [0.5, 0.6) is 0 Å². The molecule has 0 amide bonds. The van der Waals surface area contributed by atoms with Crippen LogP contribution in [-0.2, 0) is 0 Å². The van der Waals surface area contributed by atoms with Gasteiger partial charge in [-0.3, -0.25) is 0 Å². The number of rotatable bonds is 5. The Labute approximate surface area is 111 Å². The van der Waals surface area contributed by atoms with Gasteiger partial charge in [-0.25, -0.2) is 0 Å². The maximum Gasteiger partial charge on any atom is 0.0727 e. The zero-order valence-corrected chi connectivity index (χ0v) is 11.7. The predicted octanol–water partition coefficient (Wildman–Crippen LogP) is 3.10. The van der Waals surface area contributed by atoms with E-state index in [-0.39, 0.29) is 0 Å². The van der Waals surface area contributed by atoms with Gasteiger partial charge in [0.15, 0.2) is 0 Å². The van der Waals surface area contributed by atoms with E-state index in [9.17, 15) is 0 Å². The van der Waals surface area contributed by atoms with Crippen molar-refractivity contribution in [3.63, 3.8) is 0 Å². The summed E-state index contributed by atoms with van der Waals surface area (Å²) in [6.07, 6.45) is 12.1. The van der Waals surface area contributed by atoms with Crippen LogP contribution in [0.4, 0.5) is 0 Å². The third-order valence-electron chi connectivity index (χ3n) is 4.48. The molecule has 2 N–H and O–H groups in total. The summed E-state index contributed by atoms with van der Waals surface area (Å²) in [5.41, 5.74) is 5.54. The first kappa shape index (κ1) is 13.3. The molecular weight excluding hydrogens is 228 g/mol. The average molecular weight is 254 g/mol. The third-order valence-corrected chi connectivity index (χ3v) is 4.68. The molecule has 1 saturated carbocycles. The van der Waals surface area contributed by atoms with Gasteiger partial charge in [-0.2, -0.15) is 0 Å². The Balaban J connectivity index is 1.73. The van der Waals surface area contributed by atoms with E-state index in [4.69, 9.17) is 18.0 Å². The SMILES string of the molecule is NC(=S)CCCCN1CCC[C@H]2CCCC[C@H]21. The molecule has 1 aliphatic heterocycles. The summed E-state index contributed by atoms with van der Waals surface area (Å²) < 4.78 is 0. The monoisotopic (exact) mass is 254 g/mol. The fraction of sp³-hybridized carbons (Fsp3) is 0.929. The normalized spacial score (nSPS) is 29.9. The highest BCUT2D eigenvalue weighted by Gasteiger charge is 2.32. The molecule has 3 heteroatoms. The van der Waals surface area contributed by atoms with Gasteiger partial charge in [-0.05, 0) is 64.0 Å². The summed E-state index contributed by atoms with van der Waals surface area (Å²) in [6, 6.07) is 0.905. The highest BCUT2D eigenvalue weighted by Crippen LogP contribution is 2.35. The summed E-state index contributed by atoms with van der Waals surface area (Å²) in [4.78, 5) is 3.44. The van der Waals surface area contributed by atoms with Crippen LogP contribution < -0.4 is 5.73 Å². The minimum Gasteiger partial charge on any atom is -0.393 e. The van der Waals surface area contributed by atoms with E-state index >= 15 is 0 Å². The Kier molecular flexibility index (Phi) is 5.23. The van der Waals surface area contributed by atoms with Crippen molar-refractivity contribution < 1.29 is 0 Å². The molecule has 2 fully saturated rings. The first-order valence-corrected chi connectivity index (χ1v) is 7.70. The van der Waals surface area contributed by atoms with Gasteiger partial charge in [0.1, 0.15) is 0 Å². The molecular formula is C14H26N2S. The van der Waals surface area contributed by atoms with Gasteiger partial charge in [0.25, 0.3) is 0 Å². The van der Waals surface area contributed by atoms with Crippen LogP contribution >= 0.6 is 12.2 Å². The standard InChI is InChI=1S/C14H26N2S/c15-14(17)9-3-4-10-16-11-5-7-12-6-1-2-8-13(12)16/h12-13H,1-11H2,(H2,15,17)/t12-,13-/m1/s1. The third kappa shape index (κ3) is 3.92. The Morgan fingerprint density at radius 2 is 1.88 bits per heavy atom. The number of fused-ring (bicyclic) bond motifs is 1. The molecule has 0 spiro atoms. The molecule has 2 atom stereocenters. The number of nitrogens with zero attached hydrogens (tertiary/aromatic N) is 1. The summed E-state index contributed by atoms with van der Waals surface area (Å²) in [5.74, 6) is 1.01. The second kappa shape index (κ2) is 6.69. The first-order valence-electron chi connectivity index (χ1n) is 7.30. The Morgan fingerprint density at radius 3 is 2.71 bits per heavy atom. The van der Waals surface area contributed by atoms with Crippen molar-refractivity contribution in [2.24, 2.45) is 11.7 Å². The lowest BCUT2D eigenvalue weighted by molar-refractivity contribution is 0.0598. The largest absolute Gasteiger partial charge is 0.393 e. The molecule has 1 aliphatic carbocycles. The zero-order valence-electron chi connectivity index (χ0n) is 10.9. The second-order valence-corrected chi connectivity index (χ2v) is 6.24. The molecule has 17 heavy (non-hydrogen) atoms. The molecule has 2 aliphatic rings. The molecule has 0 bridgehead atoms. The van der Waals surface area contributed by atoms with Crippen LogP contribution in [0, 0.1) is 5.92 Å². The fourth-order valence-electron chi connectivity index (χ4n) is 3.62. The van der Waals surface area contributed by atoms with Crippen molar-refractivity contribution in [1.82, 2.24) is 4.90 Å². The van der Waals surface area contributed by atoms with E-state index in [1.54, 1.807) is 0 Å². The van der Waals surface area contributed by atoms with E-state index in [0.717, 1.165) is 18.4 Å². The minimum absolute atomic E-state index is 0.680. The number of hydrogen-bond donors (Lipinski definition) is 1. The number of piperidine rings is 1. The van der Waals surface area contributed by atoms with Crippen LogP contribution in [0.2, 0.25) is 0 Å². The highest BCUT2D eigenvalue weighted by molar-refractivity contribution is 7.80. The van der Waals surface area contributed by atoms with Crippen LogP contribution in [-0.4, -0.2) is 29.0 Å². The lowest BCUT2D eigenvalue weighted by Crippen LogP contribution is -2.47. The van der Waals surface area contributed by atoms with Crippen molar-refractivity contribution in [3.8, 4) is 0 Å². The average Bonchev–Trinajstić information content (AvgIpc) is 2.34. The molecule has 0 radical (unpaired) electrons. The number of hydrogen-bond acceptors (Lipinski definition) is 2. The molecule has 2 nitrogen and oxygen atoms in total. The maximum absolute atomic E-state index is 5.54.